The summed E-state index contributed by atoms with van der Waals surface area (Å²) in [6.07, 6.45) is 0.420. The highest BCUT2D eigenvalue weighted by atomic mass is 35.5. The molecule has 4 aromatic rings. The number of rotatable bonds is 7. The van der Waals surface area contributed by atoms with Crippen molar-refractivity contribution in [3.05, 3.63) is 102 Å². The quantitative estimate of drug-likeness (QED) is 0.276. The zero-order valence-electron chi connectivity index (χ0n) is 20.2. The molecule has 37 heavy (non-hydrogen) atoms. The Morgan fingerprint density at radius 3 is 2.68 bits per heavy atom. The van der Waals surface area contributed by atoms with Gasteiger partial charge in [0.05, 0.1) is 17.8 Å². The summed E-state index contributed by atoms with van der Waals surface area (Å²) >= 11 is 0. The lowest BCUT2D eigenvalue weighted by molar-refractivity contribution is 0.0692. The van der Waals surface area contributed by atoms with Crippen molar-refractivity contribution in [1.29, 1.82) is 0 Å². The van der Waals surface area contributed by atoms with E-state index in [0.717, 1.165) is 6.07 Å². The van der Waals surface area contributed by atoms with Crippen LogP contribution in [0.25, 0.3) is 10.8 Å². The number of carboxylic acid groups (broad SMARTS) is 1. The molecular formula is C29H27ClF2N2O3. The normalized spacial score (nSPS) is 15.4. The fraction of sp³-hybridized carbons (Fsp3) is 0.207. The van der Waals surface area contributed by atoms with Crippen LogP contribution in [-0.2, 0) is 0 Å². The zero-order valence-corrected chi connectivity index (χ0v) is 21.0. The second-order valence-electron chi connectivity index (χ2n) is 8.96. The van der Waals surface area contributed by atoms with Crippen molar-refractivity contribution in [3.8, 4) is 5.75 Å². The molecule has 0 saturated carbocycles. The highest BCUT2D eigenvalue weighted by Gasteiger charge is 2.28. The van der Waals surface area contributed by atoms with Gasteiger partial charge in [0.25, 0.3) is 0 Å². The second-order valence-corrected chi connectivity index (χ2v) is 8.96. The molecule has 0 saturated heterocycles. The largest absolute Gasteiger partial charge is 0.486 e. The summed E-state index contributed by atoms with van der Waals surface area (Å²) in [7, 11) is 0. The fourth-order valence-corrected chi connectivity index (χ4v) is 4.76. The molecule has 0 aliphatic carbocycles. The maximum atomic E-state index is 14.1. The van der Waals surface area contributed by atoms with Gasteiger partial charge < -0.3 is 20.1 Å². The third-order valence-corrected chi connectivity index (χ3v) is 6.59. The summed E-state index contributed by atoms with van der Waals surface area (Å²) in [5, 5.41) is 15.3. The van der Waals surface area contributed by atoms with Crippen LogP contribution in [0.4, 0.5) is 20.2 Å². The van der Waals surface area contributed by atoms with Crippen molar-refractivity contribution < 1.29 is 23.4 Å². The van der Waals surface area contributed by atoms with Crippen molar-refractivity contribution in [3.63, 3.8) is 0 Å². The number of aromatic carboxylic acids is 1. The summed E-state index contributed by atoms with van der Waals surface area (Å²) in [4.78, 5) is 13.3. The first kappa shape index (κ1) is 26.4. The van der Waals surface area contributed by atoms with Crippen LogP contribution in [0, 0.1) is 11.6 Å². The van der Waals surface area contributed by atoms with Crippen molar-refractivity contribution >= 4 is 40.5 Å². The van der Waals surface area contributed by atoms with Crippen LogP contribution in [-0.4, -0.2) is 30.3 Å². The Morgan fingerprint density at radius 1 is 1.08 bits per heavy atom. The highest BCUT2D eigenvalue weighted by molar-refractivity contribution is 5.90. The Kier molecular flexibility index (Phi) is 7.95. The van der Waals surface area contributed by atoms with E-state index >= 15 is 0 Å². The molecule has 2 N–H and O–H groups in total. The topological polar surface area (TPSA) is 61.8 Å². The number of ether oxygens (including phenoxy) is 1. The van der Waals surface area contributed by atoms with Gasteiger partial charge >= 0.3 is 5.97 Å². The molecule has 0 bridgehead atoms. The van der Waals surface area contributed by atoms with E-state index in [4.69, 9.17) is 4.74 Å². The van der Waals surface area contributed by atoms with Gasteiger partial charge in [0, 0.05) is 17.8 Å². The van der Waals surface area contributed by atoms with E-state index in [0.29, 0.717) is 36.6 Å². The van der Waals surface area contributed by atoms with Gasteiger partial charge in [-0.3, -0.25) is 0 Å². The van der Waals surface area contributed by atoms with E-state index in [1.807, 2.05) is 12.1 Å². The molecule has 5 nitrogen and oxygen atoms in total. The average Bonchev–Trinajstić information content (AvgIpc) is 2.88. The molecule has 4 aromatic carbocycles. The van der Waals surface area contributed by atoms with E-state index in [1.165, 1.54) is 40.6 Å². The number of fused-ring (bicyclic) bond motifs is 2. The second kappa shape index (κ2) is 11.2. The molecule has 8 heteroatoms. The molecule has 1 aliphatic rings. The molecule has 0 amide bonds. The summed E-state index contributed by atoms with van der Waals surface area (Å²) in [6.45, 7) is 3.16. The van der Waals surface area contributed by atoms with Crippen molar-refractivity contribution in [2.45, 2.75) is 25.5 Å². The first-order valence-corrected chi connectivity index (χ1v) is 11.9. The minimum Gasteiger partial charge on any atom is -0.486 e. The summed E-state index contributed by atoms with van der Waals surface area (Å²) in [5.74, 6) is -2.12. The van der Waals surface area contributed by atoms with Crippen LogP contribution in [0.3, 0.4) is 0 Å². The molecule has 0 radical (unpaired) electrons. The Morgan fingerprint density at radius 2 is 1.86 bits per heavy atom. The molecule has 2 atom stereocenters. The minimum absolute atomic E-state index is 0. The first-order chi connectivity index (χ1) is 17.4. The van der Waals surface area contributed by atoms with Gasteiger partial charge in [-0.2, -0.15) is 0 Å². The van der Waals surface area contributed by atoms with E-state index in [2.05, 4.69) is 42.6 Å². The summed E-state index contributed by atoms with van der Waals surface area (Å²) in [5.41, 5.74) is 1.73. The van der Waals surface area contributed by atoms with Gasteiger partial charge in [-0.15, -0.1) is 12.4 Å². The number of carbonyl (C=O) groups is 1. The van der Waals surface area contributed by atoms with Crippen molar-refractivity contribution in [2.24, 2.45) is 0 Å². The van der Waals surface area contributed by atoms with Crippen LogP contribution in [0.5, 0.6) is 5.75 Å². The Bertz CT molecular complexity index is 1430. The number of hydrogen-bond donors (Lipinski definition) is 2. The number of halogens is 3. The first-order valence-electron chi connectivity index (χ1n) is 11.9. The molecule has 1 unspecified atom stereocenters. The number of nitrogens with zero attached hydrogens (tertiary/aromatic N) is 1. The summed E-state index contributed by atoms with van der Waals surface area (Å²) in [6, 6.07) is 22.8. The van der Waals surface area contributed by atoms with Crippen LogP contribution in [0.15, 0.2) is 78.9 Å². The van der Waals surface area contributed by atoms with E-state index in [9.17, 15) is 18.7 Å². The fourth-order valence-electron chi connectivity index (χ4n) is 4.76. The Balaban J connectivity index is 0.00000320. The lowest BCUT2D eigenvalue weighted by atomic mass is 9.99. The smallest absolute Gasteiger partial charge is 0.338 e. The Labute approximate surface area is 220 Å². The molecule has 0 spiro atoms. The molecular weight excluding hydrogens is 498 g/mol. The standard InChI is InChI=1S/C29H26F2N2O3.ClH/c1-18(23-8-4-6-19-5-2-3-7-24(19)23)32-14-13-22-17-33(27-15-20(30)9-12-28(27)36-22)21-10-11-26(31)25(16-21)29(34)35;/h2-12,15-16,18,22,32H,13-14,17H2,1H3,(H,34,35);1H/t18-,22?;/m1./s1. The SMILES string of the molecule is C[C@@H](NCCC1CN(c2ccc(F)c(C(=O)O)c2)c2cc(F)ccc2O1)c1cccc2ccccc12.Cl. The third-order valence-electron chi connectivity index (χ3n) is 6.59. The Hall–Kier alpha value is -3.68. The van der Waals surface area contributed by atoms with Gasteiger partial charge in [0.2, 0.25) is 0 Å². The van der Waals surface area contributed by atoms with Crippen molar-refractivity contribution in [1.82, 2.24) is 5.32 Å². The van der Waals surface area contributed by atoms with Gasteiger partial charge in [-0.1, -0.05) is 42.5 Å². The minimum atomic E-state index is -1.36. The molecule has 5 rings (SSSR count). The van der Waals surface area contributed by atoms with Crippen LogP contribution < -0.4 is 15.0 Å². The summed E-state index contributed by atoms with van der Waals surface area (Å²) < 4.78 is 34.2. The predicted octanol–water partition coefficient (Wildman–Crippen LogP) is 6.88. The van der Waals surface area contributed by atoms with Crippen LogP contribution in [0.1, 0.15) is 35.3 Å². The van der Waals surface area contributed by atoms with Crippen LogP contribution in [0.2, 0.25) is 0 Å². The third kappa shape index (κ3) is 5.53. The zero-order chi connectivity index (χ0) is 25.2. The van der Waals surface area contributed by atoms with Gasteiger partial charge in [0.1, 0.15) is 23.5 Å². The molecule has 0 fully saturated rings. The number of hydrogen-bond acceptors (Lipinski definition) is 4. The lowest BCUT2D eigenvalue weighted by Crippen LogP contribution is -2.39. The maximum absolute atomic E-state index is 14.1. The number of benzene rings is 4. The molecule has 0 aromatic heterocycles. The van der Waals surface area contributed by atoms with Crippen LogP contribution >= 0.6 is 12.4 Å². The number of anilines is 2. The number of nitrogens with one attached hydrogen (secondary N) is 1. The number of carboxylic acids is 1. The highest BCUT2D eigenvalue weighted by Crippen LogP contribution is 2.39. The predicted molar refractivity (Wildman–Crippen MR) is 143 cm³/mol. The van der Waals surface area contributed by atoms with Gasteiger partial charge in [-0.05, 0) is 66.6 Å². The molecule has 1 aliphatic heterocycles. The maximum Gasteiger partial charge on any atom is 0.338 e. The van der Waals surface area contributed by atoms with Gasteiger partial charge in [-0.25, -0.2) is 13.6 Å². The van der Waals surface area contributed by atoms with Crippen molar-refractivity contribution in [2.75, 3.05) is 18.0 Å². The van der Waals surface area contributed by atoms with E-state index in [-0.39, 0.29) is 24.6 Å². The van der Waals surface area contributed by atoms with E-state index < -0.39 is 23.2 Å². The monoisotopic (exact) mass is 524 g/mol. The molecule has 192 valence electrons. The van der Waals surface area contributed by atoms with E-state index in [1.54, 1.807) is 11.0 Å². The molecule has 1 heterocycles. The lowest BCUT2D eigenvalue weighted by Gasteiger charge is -2.36. The van der Waals surface area contributed by atoms with Gasteiger partial charge in [0.15, 0.2) is 0 Å². The average molecular weight is 525 g/mol.